The summed E-state index contributed by atoms with van der Waals surface area (Å²) in [4.78, 5) is 11.5. The van der Waals surface area contributed by atoms with E-state index >= 15 is 0 Å². The maximum atomic E-state index is 12.7. The Balaban J connectivity index is 1.80. The number of hydrogen-bond acceptors (Lipinski definition) is 4. The van der Waals surface area contributed by atoms with Crippen LogP contribution in [-0.2, 0) is 19.6 Å². The van der Waals surface area contributed by atoms with E-state index in [0.717, 1.165) is 37.1 Å². The van der Waals surface area contributed by atoms with Crippen LogP contribution in [-0.4, -0.2) is 40.1 Å². The Morgan fingerprint density at radius 3 is 2.67 bits per heavy atom. The van der Waals surface area contributed by atoms with E-state index in [1.165, 1.54) is 0 Å². The lowest BCUT2D eigenvalue weighted by atomic mass is 10.2. The van der Waals surface area contributed by atoms with E-state index in [1.807, 2.05) is 0 Å². The van der Waals surface area contributed by atoms with Crippen LogP contribution in [0.15, 0.2) is 29.2 Å². The molecule has 21 heavy (non-hydrogen) atoms. The van der Waals surface area contributed by atoms with Gasteiger partial charge in [-0.2, -0.15) is 0 Å². The van der Waals surface area contributed by atoms with Crippen LogP contribution in [0.2, 0.25) is 0 Å². The molecule has 0 bridgehead atoms. The predicted octanol–water partition coefficient (Wildman–Crippen LogP) is 0.399. The smallest absolute Gasteiger partial charge is 0.241 e. The van der Waals surface area contributed by atoms with Gasteiger partial charge in [0.25, 0.3) is 0 Å². The summed E-state index contributed by atoms with van der Waals surface area (Å²) in [6.07, 6.45) is 1.86. The van der Waals surface area contributed by atoms with Crippen molar-refractivity contribution in [2.45, 2.75) is 23.8 Å². The highest BCUT2D eigenvalue weighted by Gasteiger charge is 2.18. The zero-order valence-corrected chi connectivity index (χ0v) is 12.2. The van der Waals surface area contributed by atoms with Gasteiger partial charge in [0.2, 0.25) is 15.9 Å². The van der Waals surface area contributed by atoms with Crippen LogP contribution in [0.25, 0.3) is 0 Å². The SMILES string of the molecule is O=C(CNS(=O)(=O)c1ccc(F)cc1)NCC1CCCO1. The van der Waals surface area contributed by atoms with Crippen LogP contribution in [0, 0.1) is 5.82 Å². The van der Waals surface area contributed by atoms with Crippen molar-refractivity contribution < 1.29 is 22.3 Å². The van der Waals surface area contributed by atoms with Crippen LogP contribution in [0.1, 0.15) is 12.8 Å². The van der Waals surface area contributed by atoms with Gasteiger partial charge >= 0.3 is 0 Å². The van der Waals surface area contributed by atoms with Crippen LogP contribution in [0.4, 0.5) is 4.39 Å². The molecule has 1 amide bonds. The third-order valence-corrected chi connectivity index (χ3v) is 4.51. The molecule has 0 radical (unpaired) electrons. The maximum absolute atomic E-state index is 12.7. The lowest BCUT2D eigenvalue weighted by Crippen LogP contribution is -2.39. The minimum absolute atomic E-state index is 0.00246. The first-order chi connectivity index (χ1) is 9.97. The summed E-state index contributed by atoms with van der Waals surface area (Å²) >= 11 is 0. The number of amides is 1. The summed E-state index contributed by atoms with van der Waals surface area (Å²) in [6, 6.07) is 4.38. The lowest BCUT2D eigenvalue weighted by molar-refractivity contribution is -0.120. The summed E-state index contributed by atoms with van der Waals surface area (Å²) in [5.41, 5.74) is 0. The normalized spacial score (nSPS) is 18.6. The molecule has 116 valence electrons. The summed E-state index contributed by atoms with van der Waals surface area (Å²) in [5.74, 6) is -0.959. The molecule has 1 atom stereocenters. The average Bonchev–Trinajstić information content (AvgIpc) is 2.97. The molecule has 1 aliphatic heterocycles. The van der Waals surface area contributed by atoms with E-state index in [9.17, 15) is 17.6 Å². The van der Waals surface area contributed by atoms with E-state index in [4.69, 9.17) is 4.74 Å². The van der Waals surface area contributed by atoms with Gasteiger partial charge in [0.15, 0.2) is 0 Å². The van der Waals surface area contributed by atoms with Crippen molar-refractivity contribution in [3.63, 3.8) is 0 Å². The third-order valence-electron chi connectivity index (χ3n) is 3.10. The third kappa shape index (κ3) is 4.76. The van der Waals surface area contributed by atoms with Crippen LogP contribution in [0.3, 0.4) is 0 Å². The quantitative estimate of drug-likeness (QED) is 0.795. The van der Waals surface area contributed by atoms with Gasteiger partial charge in [-0.15, -0.1) is 0 Å². The van der Waals surface area contributed by atoms with E-state index in [-0.39, 0.29) is 17.5 Å². The fourth-order valence-corrected chi connectivity index (χ4v) is 2.94. The molecule has 6 nitrogen and oxygen atoms in total. The zero-order chi connectivity index (χ0) is 15.3. The van der Waals surface area contributed by atoms with Crippen LogP contribution < -0.4 is 10.0 Å². The molecular weight excluding hydrogens is 299 g/mol. The molecule has 2 rings (SSSR count). The molecule has 0 spiro atoms. The first kappa shape index (κ1) is 15.9. The molecule has 1 heterocycles. The van der Waals surface area contributed by atoms with Gasteiger partial charge in [0.1, 0.15) is 5.82 Å². The Morgan fingerprint density at radius 2 is 2.05 bits per heavy atom. The highest BCUT2D eigenvalue weighted by atomic mass is 32.2. The lowest BCUT2D eigenvalue weighted by Gasteiger charge is -2.11. The summed E-state index contributed by atoms with van der Waals surface area (Å²) in [6.45, 7) is 0.696. The van der Waals surface area contributed by atoms with Gasteiger partial charge in [0, 0.05) is 13.2 Å². The van der Waals surface area contributed by atoms with Gasteiger partial charge in [-0.1, -0.05) is 0 Å². The molecule has 0 aromatic heterocycles. The number of halogens is 1. The monoisotopic (exact) mass is 316 g/mol. The molecule has 0 aliphatic carbocycles. The van der Waals surface area contributed by atoms with Crippen LogP contribution in [0.5, 0.6) is 0 Å². The van der Waals surface area contributed by atoms with E-state index in [2.05, 4.69) is 10.0 Å². The number of benzene rings is 1. The summed E-state index contributed by atoms with van der Waals surface area (Å²) in [7, 11) is -3.82. The summed E-state index contributed by atoms with van der Waals surface area (Å²) < 4.78 is 44.0. The van der Waals surface area contributed by atoms with Gasteiger partial charge in [-0.3, -0.25) is 4.79 Å². The minimum atomic E-state index is -3.82. The van der Waals surface area contributed by atoms with Crippen molar-refractivity contribution in [1.82, 2.24) is 10.0 Å². The van der Waals surface area contributed by atoms with E-state index in [1.54, 1.807) is 0 Å². The fourth-order valence-electron chi connectivity index (χ4n) is 1.95. The minimum Gasteiger partial charge on any atom is -0.376 e. The largest absolute Gasteiger partial charge is 0.376 e. The Bertz CT molecular complexity index is 583. The molecule has 1 aromatic carbocycles. The molecule has 1 aliphatic rings. The molecular formula is C13H17FN2O4S. The van der Waals surface area contributed by atoms with Crippen molar-refractivity contribution in [3.8, 4) is 0 Å². The maximum Gasteiger partial charge on any atom is 0.241 e. The fraction of sp³-hybridized carbons (Fsp3) is 0.462. The van der Waals surface area contributed by atoms with Crippen molar-refractivity contribution >= 4 is 15.9 Å². The Hall–Kier alpha value is -1.51. The highest BCUT2D eigenvalue weighted by Crippen LogP contribution is 2.11. The second-order valence-electron chi connectivity index (χ2n) is 4.72. The molecule has 0 saturated carbocycles. The van der Waals surface area contributed by atoms with Crippen molar-refractivity contribution in [2.75, 3.05) is 19.7 Å². The molecule has 1 aromatic rings. The van der Waals surface area contributed by atoms with Gasteiger partial charge in [-0.25, -0.2) is 17.5 Å². The molecule has 8 heteroatoms. The number of hydrogen-bond donors (Lipinski definition) is 2. The number of ether oxygens (including phenoxy) is 1. The van der Waals surface area contributed by atoms with Crippen LogP contribution >= 0.6 is 0 Å². The second kappa shape index (κ2) is 6.97. The number of sulfonamides is 1. The summed E-state index contributed by atoms with van der Waals surface area (Å²) in [5, 5.41) is 2.61. The topological polar surface area (TPSA) is 84.5 Å². The highest BCUT2D eigenvalue weighted by molar-refractivity contribution is 7.89. The van der Waals surface area contributed by atoms with Gasteiger partial charge in [0.05, 0.1) is 17.5 Å². The molecule has 1 fully saturated rings. The number of carbonyl (C=O) groups excluding carboxylic acids is 1. The number of rotatable bonds is 6. The average molecular weight is 316 g/mol. The second-order valence-corrected chi connectivity index (χ2v) is 6.48. The van der Waals surface area contributed by atoms with E-state index in [0.29, 0.717) is 13.2 Å². The molecule has 1 unspecified atom stereocenters. The Labute approximate surface area is 122 Å². The van der Waals surface area contributed by atoms with Crippen molar-refractivity contribution in [1.29, 1.82) is 0 Å². The van der Waals surface area contributed by atoms with Crippen molar-refractivity contribution in [2.24, 2.45) is 0 Å². The first-order valence-electron chi connectivity index (χ1n) is 6.61. The zero-order valence-electron chi connectivity index (χ0n) is 11.3. The first-order valence-corrected chi connectivity index (χ1v) is 8.09. The Kier molecular flexibility index (Phi) is 5.27. The number of carbonyl (C=O) groups is 1. The predicted molar refractivity (Wildman–Crippen MR) is 73.6 cm³/mol. The van der Waals surface area contributed by atoms with Gasteiger partial charge in [-0.05, 0) is 37.1 Å². The van der Waals surface area contributed by atoms with Gasteiger partial charge < -0.3 is 10.1 Å². The molecule has 1 saturated heterocycles. The number of nitrogens with one attached hydrogen (secondary N) is 2. The van der Waals surface area contributed by atoms with Crippen molar-refractivity contribution in [3.05, 3.63) is 30.1 Å². The standard InChI is InChI=1S/C13H17FN2O4S/c14-10-3-5-12(6-4-10)21(18,19)16-9-13(17)15-8-11-2-1-7-20-11/h3-6,11,16H,1-2,7-9H2,(H,15,17). The molecule has 2 N–H and O–H groups in total. The van der Waals surface area contributed by atoms with E-state index < -0.39 is 21.7 Å². The Morgan fingerprint density at radius 1 is 1.33 bits per heavy atom.